The molecule has 1 amide bonds. The molecule has 1 N–H and O–H groups in total. The first-order chi connectivity index (χ1) is 14.8. The van der Waals surface area contributed by atoms with Crippen LogP contribution in [0.15, 0.2) is 37.8 Å². The summed E-state index contributed by atoms with van der Waals surface area (Å²) in [7, 11) is 2.50. The van der Waals surface area contributed by atoms with E-state index >= 15 is 0 Å². The number of nitrogens with one attached hydrogen (secondary N) is 1. The van der Waals surface area contributed by atoms with Crippen LogP contribution < -0.4 is 14.8 Å². The number of ether oxygens (including phenoxy) is 4. The van der Waals surface area contributed by atoms with Crippen LogP contribution in [-0.4, -0.2) is 56.2 Å². The summed E-state index contributed by atoms with van der Waals surface area (Å²) in [6.45, 7) is 3.75. The van der Waals surface area contributed by atoms with Crippen LogP contribution in [-0.2, 0) is 23.9 Å². The minimum Gasteiger partial charge on any atom is -0.490 e. The Morgan fingerprint density at radius 1 is 1.29 bits per heavy atom. The lowest BCUT2D eigenvalue weighted by atomic mass is 10.2. The van der Waals surface area contributed by atoms with Gasteiger partial charge in [0.1, 0.15) is 0 Å². The van der Waals surface area contributed by atoms with Gasteiger partial charge in [-0.15, -0.1) is 5.10 Å². The SMILES string of the molecule is CCOc1cc(C=N/N=C2/NC(=O)/C(=C\C(=O)OC)S2)cc(Br)c1OC(C)C(=O)OC. The predicted octanol–water partition coefficient (Wildman–Crippen LogP) is 2.40. The van der Waals surface area contributed by atoms with Gasteiger partial charge in [0.05, 0.1) is 36.4 Å². The first-order valence-corrected chi connectivity index (χ1v) is 10.5. The molecular formula is C19H20BrN3O7S. The van der Waals surface area contributed by atoms with E-state index in [0.29, 0.717) is 28.1 Å². The fraction of sp³-hybridized carbons (Fsp3) is 0.316. The molecule has 0 radical (unpaired) electrons. The smallest absolute Gasteiger partial charge is 0.346 e. The third kappa shape index (κ3) is 6.82. The van der Waals surface area contributed by atoms with Crippen LogP contribution >= 0.6 is 27.7 Å². The Morgan fingerprint density at radius 2 is 2.03 bits per heavy atom. The molecule has 0 bridgehead atoms. The van der Waals surface area contributed by atoms with E-state index in [1.54, 1.807) is 19.1 Å². The topological polar surface area (TPSA) is 125 Å². The van der Waals surface area contributed by atoms with Gasteiger partial charge in [0, 0.05) is 6.08 Å². The van der Waals surface area contributed by atoms with Crippen LogP contribution in [0.25, 0.3) is 0 Å². The second-order valence-electron chi connectivity index (χ2n) is 5.78. The third-order valence-electron chi connectivity index (χ3n) is 3.62. The largest absolute Gasteiger partial charge is 0.490 e. The normalized spacial score (nSPS) is 17.0. The van der Waals surface area contributed by atoms with Gasteiger partial charge in [-0.2, -0.15) is 5.10 Å². The highest BCUT2D eigenvalue weighted by Gasteiger charge is 2.25. The number of hydrogen-bond acceptors (Lipinski definition) is 10. The maximum atomic E-state index is 11.8. The molecule has 1 fully saturated rings. The summed E-state index contributed by atoms with van der Waals surface area (Å²) >= 11 is 4.37. The molecule has 0 aromatic heterocycles. The van der Waals surface area contributed by atoms with Gasteiger partial charge in [-0.1, -0.05) is 0 Å². The van der Waals surface area contributed by atoms with Gasteiger partial charge in [0.2, 0.25) is 0 Å². The molecule has 31 heavy (non-hydrogen) atoms. The standard InChI is InChI=1S/C19H20BrN3O7S/c1-5-29-13-7-11(6-12(20)16(13)30-10(2)18(26)28-4)9-21-23-19-22-17(25)14(31-19)8-15(24)27-3/h6-10H,5H2,1-4H3,(H,22,23,25)/b14-8+,21-9?. The highest BCUT2D eigenvalue weighted by molar-refractivity contribution is 9.10. The van der Waals surface area contributed by atoms with Crippen molar-refractivity contribution >= 4 is 56.9 Å². The Kier molecular flexibility index (Phi) is 9.06. The number of hydrogen-bond donors (Lipinski definition) is 1. The number of amidine groups is 1. The summed E-state index contributed by atoms with van der Waals surface area (Å²) in [6.07, 6.45) is 1.69. The van der Waals surface area contributed by atoms with Crippen LogP contribution in [0.5, 0.6) is 11.5 Å². The van der Waals surface area contributed by atoms with Crippen LogP contribution in [0.2, 0.25) is 0 Å². The van der Waals surface area contributed by atoms with E-state index in [4.69, 9.17) is 9.47 Å². The number of benzene rings is 1. The van der Waals surface area contributed by atoms with Crippen LogP contribution in [0.3, 0.4) is 0 Å². The molecule has 1 unspecified atom stereocenters. The molecule has 1 aromatic carbocycles. The average Bonchev–Trinajstić information content (AvgIpc) is 3.08. The minimum absolute atomic E-state index is 0.156. The van der Waals surface area contributed by atoms with E-state index in [1.807, 2.05) is 6.92 Å². The number of carbonyl (C=O) groups is 3. The molecule has 10 nitrogen and oxygen atoms in total. The number of methoxy groups -OCH3 is 2. The number of amides is 1. The van der Waals surface area contributed by atoms with Crippen LogP contribution in [0.1, 0.15) is 19.4 Å². The molecule has 0 aliphatic carbocycles. The minimum atomic E-state index is -0.832. The Labute approximate surface area is 191 Å². The molecule has 1 aliphatic heterocycles. The van der Waals surface area contributed by atoms with Crippen molar-refractivity contribution in [1.82, 2.24) is 5.32 Å². The Bertz CT molecular complexity index is 962. The van der Waals surface area contributed by atoms with E-state index in [1.165, 1.54) is 20.4 Å². The van der Waals surface area contributed by atoms with Crippen molar-refractivity contribution in [3.63, 3.8) is 0 Å². The van der Waals surface area contributed by atoms with Crippen molar-refractivity contribution in [3.8, 4) is 11.5 Å². The van der Waals surface area contributed by atoms with Gasteiger partial charge in [-0.25, -0.2) is 9.59 Å². The second-order valence-corrected chi connectivity index (χ2v) is 7.67. The fourth-order valence-electron chi connectivity index (χ4n) is 2.22. The van der Waals surface area contributed by atoms with E-state index in [9.17, 15) is 14.4 Å². The number of halogens is 1. The van der Waals surface area contributed by atoms with Crippen LogP contribution in [0.4, 0.5) is 0 Å². The van der Waals surface area contributed by atoms with Gasteiger partial charge >= 0.3 is 11.9 Å². The van der Waals surface area contributed by atoms with Crippen molar-refractivity contribution in [2.45, 2.75) is 20.0 Å². The monoisotopic (exact) mass is 513 g/mol. The van der Waals surface area contributed by atoms with Gasteiger partial charge in [0.25, 0.3) is 5.91 Å². The molecule has 12 heteroatoms. The zero-order valence-electron chi connectivity index (χ0n) is 17.1. The van der Waals surface area contributed by atoms with Crippen molar-refractivity contribution in [3.05, 3.63) is 33.2 Å². The molecule has 0 saturated carbocycles. The molecule has 1 aromatic rings. The maximum absolute atomic E-state index is 11.8. The lowest BCUT2D eigenvalue weighted by Crippen LogP contribution is -2.25. The second kappa shape index (κ2) is 11.5. The molecule has 1 atom stereocenters. The number of thioether (sulfide) groups is 1. The lowest BCUT2D eigenvalue weighted by molar-refractivity contribution is -0.148. The average molecular weight is 514 g/mol. The van der Waals surface area contributed by atoms with E-state index < -0.39 is 23.9 Å². The number of carbonyl (C=O) groups excluding carboxylic acids is 3. The van der Waals surface area contributed by atoms with Gasteiger partial charge < -0.3 is 18.9 Å². The van der Waals surface area contributed by atoms with E-state index in [-0.39, 0.29) is 10.1 Å². The molecular weight excluding hydrogens is 494 g/mol. The molecule has 1 saturated heterocycles. The van der Waals surface area contributed by atoms with Gasteiger partial charge in [-0.05, 0) is 59.2 Å². The van der Waals surface area contributed by atoms with E-state index in [2.05, 4.69) is 40.9 Å². The zero-order chi connectivity index (χ0) is 23.0. The molecule has 2 rings (SSSR count). The summed E-state index contributed by atoms with van der Waals surface area (Å²) in [6, 6.07) is 3.37. The van der Waals surface area contributed by atoms with Gasteiger partial charge in [-0.3, -0.25) is 10.1 Å². The van der Waals surface area contributed by atoms with Crippen molar-refractivity contribution in [2.24, 2.45) is 10.2 Å². The summed E-state index contributed by atoms with van der Waals surface area (Å²) in [5, 5.41) is 10.6. The Balaban J connectivity index is 2.20. The predicted molar refractivity (Wildman–Crippen MR) is 118 cm³/mol. The lowest BCUT2D eigenvalue weighted by Gasteiger charge is -2.17. The fourth-order valence-corrected chi connectivity index (χ4v) is 3.51. The maximum Gasteiger partial charge on any atom is 0.346 e. The Morgan fingerprint density at radius 3 is 2.68 bits per heavy atom. The number of rotatable bonds is 8. The molecule has 0 spiro atoms. The first-order valence-electron chi connectivity index (χ1n) is 8.89. The summed E-state index contributed by atoms with van der Waals surface area (Å²) in [5.41, 5.74) is 0.623. The molecule has 166 valence electrons. The number of nitrogens with zero attached hydrogens (tertiary/aromatic N) is 2. The highest BCUT2D eigenvalue weighted by atomic mass is 79.9. The summed E-state index contributed by atoms with van der Waals surface area (Å²) < 4.78 is 21.0. The highest BCUT2D eigenvalue weighted by Crippen LogP contribution is 2.37. The van der Waals surface area contributed by atoms with E-state index in [0.717, 1.165) is 17.8 Å². The molecule has 1 heterocycles. The first kappa shape index (κ1) is 24.4. The van der Waals surface area contributed by atoms with Gasteiger partial charge in [0.15, 0.2) is 22.8 Å². The zero-order valence-corrected chi connectivity index (χ0v) is 19.5. The summed E-state index contributed by atoms with van der Waals surface area (Å²) in [4.78, 5) is 34.9. The summed E-state index contributed by atoms with van der Waals surface area (Å²) in [5.74, 6) is -0.882. The molecule has 1 aliphatic rings. The van der Waals surface area contributed by atoms with Crippen LogP contribution in [0, 0.1) is 0 Å². The third-order valence-corrected chi connectivity index (χ3v) is 5.11. The number of esters is 2. The Hall–Kier alpha value is -2.86. The van der Waals surface area contributed by atoms with Crippen molar-refractivity contribution in [2.75, 3.05) is 20.8 Å². The van der Waals surface area contributed by atoms with Crippen molar-refractivity contribution < 1.29 is 33.3 Å². The quantitative estimate of drug-likeness (QED) is 0.243. The van der Waals surface area contributed by atoms with Crippen molar-refractivity contribution in [1.29, 1.82) is 0 Å².